The number of para-hydroxylation sites is 1. The fraction of sp³-hybridized carbons (Fsp3) is 0.500. The Bertz CT molecular complexity index is 310. The van der Waals surface area contributed by atoms with Crippen molar-refractivity contribution in [2.75, 3.05) is 13.7 Å². The van der Waals surface area contributed by atoms with Gasteiger partial charge in [-0.3, -0.25) is 0 Å². The Kier molecular flexibility index (Phi) is 4.12. The summed E-state index contributed by atoms with van der Waals surface area (Å²) in [4.78, 5) is 0. The third kappa shape index (κ3) is 3.53. The number of hydrogen-bond donors (Lipinski definition) is 2. The minimum atomic E-state index is -0.138. The first kappa shape index (κ1) is 12.0. The fourth-order valence-corrected chi connectivity index (χ4v) is 1.32. The van der Waals surface area contributed by atoms with E-state index in [1.54, 1.807) is 7.11 Å². The predicted octanol–water partition coefficient (Wildman–Crippen LogP) is 0.530. The van der Waals surface area contributed by atoms with Crippen LogP contribution in [0.4, 0.5) is 0 Å². The molecule has 0 aliphatic heterocycles. The molecule has 0 amide bonds. The molecule has 0 fully saturated rings. The Morgan fingerprint density at radius 3 is 2.60 bits per heavy atom. The number of quaternary nitrogens is 1. The summed E-state index contributed by atoms with van der Waals surface area (Å²) in [6, 6.07) is 7.95. The van der Waals surface area contributed by atoms with Crippen molar-refractivity contribution in [3.63, 3.8) is 0 Å². The van der Waals surface area contributed by atoms with Crippen LogP contribution in [0.3, 0.4) is 0 Å². The van der Waals surface area contributed by atoms with Crippen LogP contribution in [0.25, 0.3) is 0 Å². The van der Waals surface area contributed by atoms with Gasteiger partial charge in [-0.1, -0.05) is 12.1 Å². The normalized spacial score (nSPS) is 11.5. The molecule has 0 bridgehead atoms. The number of aliphatic hydroxyl groups is 1. The van der Waals surface area contributed by atoms with Crippen LogP contribution in [0, 0.1) is 0 Å². The van der Waals surface area contributed by atoms with E-state index in [9.17, 15) is 0 Å². The van der Waals surface area contributed by atoms with Gasteiger partial charge in [-0.2, -0.15) is 0 Å². The van der Waals surface area contributed by atoms with Crippen LogP contribution in [0.1, 0.15) is 19.4 Å². The summed E-state index contributed by atoms with van der Waals surface area (Å²) in [5.41, 5.74) is 1.02. The van der Waals surface area contributed by atoms with Crippen LogP contribution in [0.2, 0.25) is 0 Å². The Hall–Kier alpha value is -1.06. The minimum absolute atomic E-state index is 0.138. The number of benzene rings is 1. The summed E-state index contributed by atoms with van der Waals surface area (Å²) in [6.07, 6.45) is 0. The lowest BCUT2D eigenvalue weighted by molar-refractivity contribution is -0.736. The molecule has 0 radical (unpaired) electrons. The van der Waals surface area contributed by atoms with Gasteiger partial charge in [-0.15, -0.1) is 0 Å². The molecule has 3 N–H and O–H groups in total. The van der Waals surface area contributed by atoms with Crippen LogP contribution < -0.4 is 10.1 Å². The highest BCUT2D eigenvalue weighted by atomic mass is 16.5. The van der Waals surface area contributed by atoms with E-state index in [2.05, 4.69) is 5.32 Å². The molecule has 0 aromatic heterocycles. The predicted molar refractivity (Wildman–Crippen MR) is 59.8 cm³/mol. The second kappa shape index (κ2) is 5.14. The first-order valence-electron chi connectivity index (χ1n) is 5.16. The molecule has 0 aliphatic carbocycles. The van der Waals surface area contributed by atoms with Crippen molar-refractivity contribution < 1.29 is 15.2 Å². The number of aliphatic hydroxyl groups excluding tert-OH is 1. The zero-order valence-electron chi connectivity index (χ0n) is 9.66. The lowest BCUT2D eigenvalue weighted by Crippen LogP contribution is -2.95. The van der Waals surface area contributed by atoms with Gasteiger partial charge in [0.15, 0.2) is 0 Å². The number of rotatable bonds is 5. The first-order chi connectivity index (χ1) is 7.09. The third-order valence-corrected chi connectivity index (χ3v) is 2.47. The number of ether oxygens (including phenoxy) is 1. The molecule has 3 heteroatoms. The summed E-state index contributed by atoms with van der Waals surface area (Å²) in [5, 5.41) is 11.3. The largest absolute Gasteiger partial charge is 0.496 e. The van der Waals surface area contributed by atoms with E-state index in [4.69, 9.17) is 9.84 Å². The molecule has 0 spiro atoms. The summed E-state index contributed by atoms with van der Waals surface area (Å²) in [6.45, 7) is 5.02. The van der Waals surface area contributed by atoms with Gasteiger partial charge in [0.1, 0.15) is 17.8 Å². The quantitative estimate of drug-likeness (QED) is 0.744. The van der Waals surface area contributed by atoms with Gasteiger partial charge in [0.2, 0.25) is 0 Å². The SMILES string of the molecule is COc1ccccc1C[NH2+]C(C)(C)CO. The number of hydrogen-bond acceptors (Lipinski definition) is 2. The molecular weight excluding hydrogens is 190 g/mol. The molecule has 0 atom stereocenters. The molecular formula is C12H20NO2+. The summed E-state index contributed by atoms with van der Waals surface area (Å²) in [5.74, 6) is 0.905. The third-order valence-electron chi connectivity index (χ3n) is 2.47. The molecule has 0 aliphatic rings. The molecule has 84 valence electrons. The van der Waals surface area contributed by atoms with E-state index in [-0.39, 0.29) is 12.1 Å². The van der Waals surface area contributed by atoms with Crippen molar-refractivity contribution >= 4 is 0 Å². The lowest BCUT2D eigenvalue weighted by Gasteiger charge is -2.20. The molecule has 15 heavy (non-hydrogen) atoms. The Morgan fingerprint density at radius 2 is 2.00 bits per heavy atom. The molecule has 1 rings (SSSR count). The van der Waals surface area contributed by atoms with Crippen molar-refractivity contribution in [2.45, 2.75) is 25.9 Å². The maximum atomic E-state index is 9.14. The van der Waals surface area contributed by atoms with Crippen LogP contribution in [-0.2, 0) is 6.54 Å². The highest BCUT2D eigenvalue weighted by Gasteiger charge is 2.19. The van der Waals surface area contributed by atoms with Gasteiger partial charge >= 0.3 is 0 Å². The van der Waals surface area contributed by atoms with Gasteiger partial charge in [0, 0.05) is 5.56 Å². The first-order valence-corrected chi connectivity index (χ1v) is 5.16. The number of methoxy groups -OCH3 is 1. The average molecular weight is 210 g/mol. The fourth-order valence-electron chi connectivity index (χ4n) is 1.32. The van der Waals surface area contributed by atoms with Crippen molar-refractivity contribution in [2.24, 2.45) is 0 Å². The van der Waals surface area contributed by atoms with Gasteiger partial charge in [-0.25, -0.2) is 0 Å². The van der Waals surface area contributed by atoms with Crippen LogP contribution in [0.15, 0.2) is 24.3 Å². The molecule has 1 aromatic carbocycles. The molecule has 0 saturated heterocycles. The van der Waals surface area contributed by atoms with Gasteiger partial charge in [-0.05, 0) is 26.0 Å². The maximum Gasteiger partial charge on any atom is 0.127 e. The second-order valence-electron chi connectivity index (χ2n) is 4.37. The Morgan fingerprint density at radius 1 is 1.33 bits per heavy atom. The average Bonchev–Trinajstić information content (AvgIpc) is 2.27. The smallest absolute Gasteiger partial charge is 0.127 e. The monoisotopic (exact) mass is 210 g/mol. The van der Waals surface area contributed by atoms with E-state index in [1.165, 1.54) is 0 Å². The van der Waals surface area contributed by atoms with Crippen LogP contribution in [0.5, 0.6) is 5.75 Å². The Labute approximate surface area is 91.1 Å². The summed E-state index contributed by atoms with van der Waals surface area (Å²) in [7, 11) is 1.68. The van der Waals surface area contributed by atoms with Gasteiger partial charge in [0.25, 0.3) is 0 Å². The molecule has 1 aromatic rings. The van der Waals surface area contributed by atoms with Crippen molar-refractivity contribution in [3.05, 3.63) is 29.8 Å². The zero-order chi connectivity index (χ0) is 11.3. The van der Waals surface area contributed by atoms with Gasteiger partial charge < -0.3 is 15.2 Å². The molecule has 3 nitrogen and oxygen atoms in total. The van der Waals surface area contributed by atoms with Crippen molar-refractivity contribution in [1.82, 2.24) is 0 Å². The molecule has 0 heterocycles. The van der Waals surface area contributed by atoms with Crippen LogP contribution >= 0.6 is 0 Å². The van der Waals surface area contributed by atoms with Crippen LogP contribution in [-0.4, -0.2) is 24.4 Å². The van der Waals surface area contributed by atoms with E-state index >= 15 is 0 Å². The molecule has 0 unspecified atom stereocenters. The van der Waals surface area contributed by atoms with Gasteiger partial charge in [0.05, 0.1) is 13.7 Å². The lowest BCUT2D eigenvalue weighted by atomic mass is 10.1. The van der Waals surface area contributed by atoms with E-state index in [0.29, 0.717) is 0 Å². The standard InChI is InChI=1S/C12H19NO2/c1-12(2,9-14)13-8-10-6-4-5-7-11(10)15-3/h4-7,13-14H,8-9H2,1-3H3/p+1. The van der Waals surface area contributed by atoms with E-state index < -0.39 is 0 Å². The molecule has 0 saturated carbocycles. The zero-order valence-corrected chi connectivity index (χ0v) is 9.66. The van der Waals surface area contributed by atoms with Crippen molar-refractivity contribution in [3.8, 4) is 5.75 Å². The summed E-state index contributed by atoms with van der Waals surface area (Å²) < 4.78 is 5.26. The second-order valence-corrected chi connectivity index (χ2v) is 4.37. The Balaban J connectivity index is 2.65. The highest BCUT2D eigenvalue weighted by molar-refractivity contribution is 5.32. The maximum absolute atomic E-state index is 9.14. The van der Waals surface area contributed by atoms with E-state index in [1.807, 2.05) is 38.1 Å². The van der Waals surface area contributed by atoms with E-state index in [0.717, 1.165) is 17.9 Å². The highest BCUT2D eigenvalue weighted by Crippen LogP contribution is 2.15. The summed E-state index contributed by atoms with van der Waals surface area (Å²) >= 11 is 0. The van der Waals surface area contributed by atoms with Crippen molar-refractivity contribution in [1.29, 1.82) is 0 Å². The topological polar surface area (TPSA) is 46.1 Å². The number of nitrogens with two attached hydrogens (primary N) is 1. The minimum Gasteiger partial charge on any atom is -0.496 e.